The molecule has 1 aliphatic carbocycles. The van der Waals surface area contributed by atoms with Crippen LogP contribution in [-0.4, -0.2) is 33.0 Å². The third-order valence-corrected chi connectivity index (χ3v) is 5.91. The van der Waals surface area contributed by atoms with Gasteiger partial charge in [0.1, 0.15) is 17.3 Å². The van der Waals surface area contributed by atoms with Crippen molar-refractivity contribution in [2.24, 2.45) is 0 Å². The lowest BCUT2D eigenvalue weighted by molar-refractivity contribution is -0.114. The maximum Gasteiger partial charge on any atom is 0.221 e. The molecule has 0 saturated heterocycles. The van der Waals surface area contributed by atoms with Gasteiger partial charge >= 0.3 is 0 Å². The Morgan fingerprint density at radius 3 is 2.96 bits per heavy atom. The van der Waals surface area contributed by atoms with Crippen LogP contribution in [0.25, 0.3) is 0 Å². The molecule has 1 amide bonds. The van der Waals surface area contributed by atoms with Crippen molar-refractivity contribution in [2.45, 2.75) is 30.7 Å². The lowest BCUT2D eigenvalue weighted by atomic mass is 10.2. The highest BCUT2D eigenvalue weighted by atomic mass is 35.5. The minimum absolute atomic E-state index is 0.168. The first-order valence-corrected chi connectivity index (χ1v) is 9.50. The van der Waals surface area contributed by atoms with E-state index < -0.39 is 11.0 Å². The first kappa shape index (κ1) is 16.4. The van der Waals surface area contributed by atoms with E-state index in [1.54, 1.807) is 33.4 Å². The molecule has 9 heteroatoms. The van der Waals surface area contributed by atoms with E-state index in [0.29, 0.717) is 41.2 Å². The minimum Gasteiger partial charge on any atom is -0.489 e. The number of aromatic nitrogens is 2. The summed E-state index contributed by atoms with van der Waals surface area (Å²) < 4.78 is 22.3. The van der Waals surface area contributed by atoms with Gasteiger partial charge in [0.2, 0.25) is 5.91 Å². The molecule has 2 aliphatic rings. The molecule has 2 heterocycles. The molecule has 132 valence electrons. The van der Waals surface area contributed by atoms with Gasteiger partial charge in [0.25, 0.3) is 0 Å². The predicted octanol–water partition coefficient (Wildman–Crippen LogP) is 2.75. The SMILES string of the molecule is CC(=O)Nc1ccc2c(c1)N(S(=O)c1cn(C3CC3)nc1Cl)CCO2. The standard InChI is InChI=1S/C16H17ClN4O3S/c1-10(22)18-11-2-5-14-13(8-11)21(6-7-24-14)25(23)15-9-20(12-3-4-12)19-16(15)17/h2,5,8-9,12H,3-4,6-7H2,1H3,(H,18,22). The van der Waals surface area contributed by atoms with Crippen molar-refractivity contribution < 1.29 is 13.7 Å². The van der Waals surface area contributed by atoms with Crippen LogP contribution in [-0.2, 0) is 15.8 Å². The van der Waals surface area contributed by atoms with Gasteiger partial charge < -0.3 is 10.1 Å². The van der Waals surface area contributed by atoms with Crippen molar-refractivity contribution in [3.8, 4) is 5.75 Å². The number of carbonyl (C=O) groups excluding carboxylic acids is 1. The van der Waals surface area contributed by atoms with Crippen molar-refractivity contribution in [3.63, 3.8) is 0 Å². The Kier molecular flexibility index (Phi) is 4.16. The molecule has 7 nitrogen and oxygen atoms in total. The Morgan fingerprint density at radius 2 is 2.24 bits per heavy atom. The smallest absolute Gasteiger partial charge is 0.221 e. The molecule has 4 rings (SSSR count). The number of nitrogens with zero attached hydrogens (tertiary/aromatic N) is 3. The highest BCUT2D eigenvalue weighted by molar-refractivity contribution is 7.86. The molecule has 1 aliphatic heterocycles. The quantitative estimate of drug-likeness (QED) is 0.884. The monoisotopic (exact) mass is 380 g/mol. The first-order valence-electron chi connectivity index (χ1n) is 8.01. The lowest BCUT2D eigenvalue weighted by Gasteiger charge is -2.30. The van der Waals surface area contributed by atoms with Crippen molar-refractivity contribution >= 4 is 39.9 Å². The fourth-order valence-electron chi connectivity index (χ4n) is 2.76. The van der Waals surface area contributed by atoms with E-state index in [2.05, 4.69) is 10.4 Å². The van der Waals surface area contributed by atoms with Crippen LogP contribution < -0.4 is 14.4 Å². The number of nitrogens with one attached hydrogen (secondary N) is 1. The fraction of sp³-hybridized carbons (Fsp3) is 0.375. The van der Waals surface area contributed by atoms with Crippen LogP contribution in [0.1, 0.15) is 25.8 Å². The molecule has 1 aromatic heterocycles. The molecule has 2 aromatic rings. The molecule has 1 N–H and O–H groups in total. The summed E-state index contributed by atoms with van der Waals surface area (Å²) in [7, 11) is -1.51. The maximum atomic E-state index is 13.1. The number of ether oxygens (including phenoxy) is 1. The van der Waals surface area contributed by atoms with Crippen molar-refractivity contribution in [1.82, 2.24) is 9.78 Å². The summed E-state index contributed by atoms with van der Waals surface area (Å²) in [4.78, 5) is 11.8. The zero-order valence-corrected chi connectivity index (χ0v) is 15.1. The molecular weight excluding hydrogens is 364 g/mol. The molecule has 1 fully saturated rings. The number of halogens is 1. The van der Waals surface area contributed by atoms with Crippen LogP contribution in [0.2, 0.25) is 5.15 Å². The maximum absolute atomic E-state index is 13.1. The van der Waals surface area contributed by atoms with Gasteiger partial charge in [0.15, 0.2) is 16.1 Å². The van der Waals surface area contributed by atoms with Gasteiger partial charge in [-0.15, -0.1) is 0 Å². The topological polar surface area (TPSA) is 76.5 Å². The van der Waals surface area contributed by atoms with E-state index in [4.69, 9.17) is 16.3 Å². The highest BCUT2D eigenvalue weighted by Gasteiger charge is 2.30. The number of amides is 1. The summed E-state index contributed by atoms with van der Waals surface area (Å²) in [6.07, 6.45) is 3.91. The summed E-state index contributed by atoms with van der Waals surface area (Å²) in [5.41, 5.74) is 1.28. The van der Waals surface area contributed by atoms with E-state index in [9.17, 15) is 9.00 Å². The zero-order chi connectivity index (χ0) is 17.6. The van der Waals surface area contributed by atoms with Crippen molar-refractivity contribution in [2.75, 3.05) is 22.8 Å². The normalized spacial score (nSPS) is 17.6. The number of rotatable bonds is 4. The van der Waals surface area contributed by atoms with Crippen LogP contribution in [0.4, 0.5) is 11.4 Å². The largest absolute Gasteiger partial charge is 0.489 e. The third kappa shape index (κ3) is 3.23. The van der Waals surface area contributed by atoms with Crippen LogP contribution in [0.5, 0.6) is 5.75 Å². The number of benzene rings is 1. The second-order valence-corrected chi connectivity index (χ2v) is 7.80. The van der Waals surface area contributed by atoms with Crippen LogP contribution in [0, 0.1) is 0 Å². The minimum atomic E-state index is -1.51. The number of carbonyl (C=O) groups is 1. The van der Waals surface area contributed by atoms with Gasteiger partial charge in [-0.1, -0.05) is 11.6 Å². The average molecular weight is 381 g/mol. The number of hydrogen-bond donors (Lipinski definition) is 1. The van der Waals surface area contributed by atoms with Crippen LogP contribution in [0.3, 0.4) is 0 Å². The van der Waals surface area contributed by atoms with Gasteiger partial charge in [-0.05, 0) is 31.0 Å². The van der Waals surface area contributed by atoms with E-state index in [1.807, 2.05) is 0 Å². The summed E-state index contributed by atoms with van der Waals surface area (Å²) >= 11 is 6.22. The third-order valence-electron chi connectivity index (χ3n) is 4.07. The fourth-order valence-corrected chi connectivity index (χ4v) is 4.28. The molecule has 1 atom stereocenters. The molecular formula is C16H17ClN4O3S. The molecule has 1 saturated carbocycles. The number of fused-ring (bicyclic) bond motifs is 1. The van der Waals surface area contributed by atoms with E-state index in [1.165, 1.54) is 6.92 Å². The summed E-state index contributed by atoms with van der Waals surface area (Å²) in [6, 6.07) is 5.64. The molecule has 1 aromatic carbocycles. The lowest BCUT2D eigenvalue weighted by Crippen LogP contribution is -2.34. The first-order chi connectivity index (χ1) is 12.0. The Labute approximate surface area is 152 Å². The molecule has 0 radical (unpaired) electrons. The van der Waals surface area contributed by atoms with Gasteiger partial charge in [-0.3, -0.25) is 13.8 Å². The predicted molar refractivity (Wildman–Crippen MR) is 95.5 cm³/mol. The number of anilines is 2. The van der Waals surface area contributed by atoms with E-state index in [-0.39, 0.29) is 11.1 Å². The van der Waals surface area contributed by atoms with Crippen LogP contribution >= 0.6 is 11.6 Å². The Hall–Kier alpha value is -2.06. The van der Waals surface area contributed by atoms with Gasteiger partial charge in [-0.25, -0.2) is 4.21 Å². The Bertz CT molecular complexity index is 865. The van der Waals surface area contributed by atoms with Crippen molar-refractivity contribution in [3.05, 3.63) is 29.5 Å². The van der Waals surface area contributed by atoms with E-state index >= 15 is 0 Å². The zero-order valence-electron chi connectivity index (χ0n) is 13.6. The van der Waals surface area contributed by atoms with Crippen molar-refractivity contribution in [1.29, 1.82) is 0 Å². The van der Waals surface area contributed by atoms with Gasteiger partial charge in [-0.2, -0.15) is 5.10 Å². The second-order valence-electron chi connectivity index (χ2n) is 6.06. The van der Waals surface area contributed by atoms with Gasteiger partial charge in [0.05, 0.1) is 18.3 Å². The molecule has 0 spiro atoms. The summed E-state index contributed by atoms with van der Waals surface area (Å²) in [6.45, 7) is 2.32. The molecule has 25 heavy (non-hydrogen) atoms. The van der Waals surface area contributed by atoms with Gasteiger partial charge in [0, 0.05) is 18.8 Å². The Morgan fingerprint density at radius 1 is 1.44 bits per heavy atom. The van der Waals surface area contributed by atoms with E-state index in [0.717, 1.165) is 12.8 Å². The molecule has 0 bridgehead atoms. The summed E-state index contributed by atoms with van der Waals surface area (Å²) in [5, 5.41) is 7.27. The average Bonchev–Trinajstić information content (AvgIpc) is 3.36. The second kappa shape index (κ2) is 6.34. The van der Waals surface area contributed by atoms with Crippen LogP contribution in [0.15, 0.2) is 29.3 Å². The molecule has 1 unspecified atom stereocenters. The highest BCUT2D eigenvalue weighted by Crippen LogP contribution is 2.39. The Balaban J connectivity index is 1.67. The summed E-state index contributed by atoms with van der Waals surface area (Å²) in [5.74, 6) is 0.456. The number of hydrogen-bond acceptors (Lipinski definition) is 4.